The number of likely N-dealkylation sites (N-methyl/N-ethyl adjacent to an activating group) is 1. The molecular formula is C25H28ClN3O. The predicted octanol–water partition coefficient (Wildman–Crippen LogP) is 3.75. The van der Waals surface area contributed by atoms with E-state index in [0.29, 0.717) is 24.5 Å². The van der Waals surface area contributed by atoms with Gasteiger partial charge in [0.25, 0.3) is 0 Å². The highest BCUT2D eigenvalue weighted by atomic mass is 35.5. The van der Waals surface area contributed by atoms with Gasteiger partial charge in [0, 0.05) is 30.7 Å². The van der Waals surface area contributed by atoms with E-state index in [1.54, 1.807) is 0 Å². The average molecular weight is 422 g/mol. The molecule has 0 bridgehead atoms. The van der Waals surface area contributed by atoms with E-state index in [-0.39, 0.29) is 11.9 Å². The first kappa shape index (κ1) is 20.9. The summed E-state index contributed by atoms with van der Waals surface area (Å²) in [6.07, 6.45) is 1.37. The molecule has 1 aliphatic heterocycles. The van der Waals surface area contributed by atoms with Crippen molar-refractivity contribution in [2.45, 2.75) is 24.9 Å². The second-order valence-corrected chi connectivity index (χ2v) is 8.61. The molecule has 3 aromatic rings. The van der Waals surface area contributed by atoms with Crippen LogP contribution in [-0.4, -0.2) is 54.5 Å². The molecule has 5 heteroatoms. The highest BCUT2D eigenvalue weighted by Gasteiger charge is 2.30. The van der Waals surface area contributed by atoms with Crippen molar-refractivity contribution in [2.24, 2.45) is 5.73 Å². The zero-order valence-corrected chi connectivity index (χ0v) is 18.1. The Morgan fingerprint density at radius 2 is 1.80 bits per heavy atom. The second-order valence-electron chi connectivity index (χ2n) is 8.21. The van der Waals surface area contributed by atoms with Gasteiger partial charge in [-0.3, -0.25) is 9.69 Å². The van der Waals surface area contributed by atoms with Crippen molar-refractivity contribution in [1.29, 1.82) is 0 Å². The number of piperazine rings is 1. The molecule has 0 saturated carbocycles. The number of rotatable bonds is 5. The molecule has 1 fully saturated rings. The zero-order valence-electron chi connectivity index (χ0n) is 17.3. The van der Waals surface area contributed by atoms with E-state index in [2.05, 4.69) is 54.4 Å². The molecule has 2 N–H and O–H groups in total. The van der Waals surface area contributed by atoms with Gasteiger partial charge in [-0.1, -0.05) is 72.3 Å². The minimum atomic E-state index is -0.574. The fraction of sp³-hybridized carbons (Fsp3) is 0.320. The molecule has 0 spiro atoms. The molecular weight excluding hydrogens is 394 g/mol. The maximum Gasteiger partial charge on any atom is 0.239 e. The molecule has 156 valence electrons. The first-order chi connectivity index (χ1) is 14.5. The Morgan fingerprint density at radius 1 is 1.07 bits per heavy atom. The van der Waals surface area contributed by atoms with Crippen LogP contribution >= 0.6 is 11.6 Å². The molecule has 4 nitrogen and oxygen atoms in total. The normalized spacial score (nSPS) is 18.5. The fourth-order valence-electron chi connectivity index (χ4n) is 4.23. The number of benzene rings is 3. The number of carbonyl (C=O) groups is 1. The molecule has 1 aliphatic rings. The third-order valence-electron chi connectivity index (χ3n) is 6.09. The first-order valence-corrected chi connectivity index (χ1v) is 10.8. The Hall–Kier alpha value is -2.40. The predicted molar refractivity (Wildman–Crippen MR) is 124 cm³/mol. The lowest BCUT2D eigenvalue weighted by molar-refractivity contribution is -0.135. The Balaban J connectivity index is 1.43. The van der Waals surface area contributed by atoms with E-state index >= 15 is 0 Å². The highest BCUT2D eigenvalue weighted by Crippen LogP contribution is 2.21. The maximum absolute atomic E-state index is 13.0. The highest BCUT2D eigenvalue weighted by molar-refractivity contribution is 6.31. The van der Waals surface area contributed by atoms with Crippen molar-refractivity contribution in [3.8, 4) is 0 Å². The Morgan fingerprint density at radius 3 is 2.60 bits per heavy atom. The van der Waals surface area contributed by atoms with E-state index in [4.69, 9.17) is 17.3 Å². The third-order valence-corrected chi connectivity index (χ3v) is 6.46. The van der Waals surface area contributed by atoms with Crippen LogP contribution in [0.4, 0.5) is 0 Å². The van der Waals surface area contributed by atoms with Gasteiger partial charge in [0.1, 0.15) is 0 Å². The smallest absolute Gasteiger partial charge is 0.239 e. The standard InChI is InChI=1S/C25H28ClN3O/c1-28-12-13-29(25(30)24(27)16-21-8-4-5-9-23(21)26)17-22(28)15-18-10-11-19-6-2-3-7-20(19)14-18/h2-11,14,22,24H,12-13,15-17,27H2,1H3/t22-,24-/m1/s1. The Bertz CT molecular complexity index is 1040. The lowest BCUT2D eigenvalue weighted by Crippen LogP contribution is -2.57. The van der Waals surface area contributed by atoms with Crippen LogP contribution in [0.1, 0.15) is 11.1 Å². The minimum absolute atomic E-state index is 0.00605. The van der Waals surface area contributed by atoms with Gasteiger partial charge in [0.15, 0.2) is 0 Å². The summed E-state index contributed by atoms with van der Waals surface area (Å²) in [5.74, 6) is 0.00605. The van der Waals surface area contributed by atoms with Crippen molar-refractivity contribution in [2.75, 3.05) is 26.7 Å². The largest absolute Gasteiger partial charge is 0.338 e. The maximum atomic E-state index is 13.0. The van der Waals surface area contributed by atoms with Gasteiger partial charge < -0.3 is 10.6 Å². The van der Waals surface area contributed by atoms with Crippen LogP contribution in [0.25, 0.3) is 10.8 Å². The summed E-state index contributed by atoms with van der Waals surface area (Å²) in [7, 11) is 2.14. The SMILES string of the molecule is CN1CCN(C(=O)[C@H](N)Cc2ccccc2Cl)C[C@H]1Cc1ccc2ccccc2c1. The Kier molecular flexibility index (Phi) is 6.38. The molecule has 0 radical (unpaired) electrons. The summed E-state index contributed by atoms with van der Waals surface area (Å²) in [5, 5.41) is 3.16. The van der Waals surface area contributed by atoms with Crippen LogP contribution in [0.2, 0.25) is 5.02 Å². The van der Waals surface area contributed by atoms with Crippen molar-refractivity contribution in [3.63, 3.8) is 0 Å². The van der Waals surface area contributed by atoms with E-state index in [9.17, 15) is 4.79 Å². The van der Waals surface area contributed by atoms with Gasteiger partial charge in [-0.25, -0.2) is 0 Å². The molecule has 4 rings (SSSR count). The fourth-order valence-corrected chi connectivity index (χ4v) is 4.44. The topological polar surface area (TPSA) is 49.6 Å². The van der Waals surface area contributed by atoms with Crippen LogP contribution in [-0.2, 0) is 17.6 Å². The van der Waals surface area contributed by atoms with E-state index in [1.807, 2.05) is 29.2 Å². The quantitative estimate of drug-likeness (QED) is 0.682. The van der Waals surface area contributed by atoms with E-state index < -0.39 is 6.04 Å². The van der Waals surface area contributed by atoms with Gasteiger partial charge in [0.2, 0.25) is 5.91 Å². The first-order valence-electron chi connectivity index (χ1n) is 10.5. The molecule has 1 saturated heterocycles. The van der Waals surface area contributed by atoms with Gasteiger partial charge >= 0.3 is 0 Å². The molecule has 0 aromatic heterocycles. The van der Waals surface area contributed by atoms with Crippen molar-refractivity contribution in [1.82, 2.24) is 9.80 Å². The van der Waals surface area contributed by atoms with Crippen LogP contribution in [0.3, 0.4) is 0 Å². The number of nitrogens with two attached hydrogens (primary N) is 1. The van der Waals surface area contributed by atoms with Crippen LogP contribution < -0.4 is 5.73 Å². The summed E-state index contributed by atoms with van der Waals surface area (Å²) < 4.78 is 0. The van der Waals surface area contributed by atoms with Gasteiger partial charge in [-0.15, -0.1) is 0 Å². The summed E-state index contributed by atoms with van der Waals surface area (Å²) in [5.41, 5.74) is 8.49. The van der Waals surface area contributed by atoms with Gasteiger partial charge in [-0.05, 0) is 47.9 Å². The van der Waals surface area contributed by atoms with Crippen molar-refractivity contribution < 1.29 is 4.79 Å². The molecule has 1 amide bonds. The second kappa shape index (κ2) is 9.17. The number of fused-ring (bicyclic) bond motifs is 1. The minimum Gasteiger partial charge on any atom is -0.338 e. The number of carbonyl (C=O) groups excluding carboxylic acids is 1. The lowest BCUT2D eigenvalue weighted by Gasteiger charge is -2.40. The lowest BCUT2D eigenvalue weighted by atomic mass is 9.98. The van der Waals surface area contributed by atoms with Crippen LogP contribution in [0, 0.1) is 0 Å². The summed E-state index contributed by atoms with van der Waals surface area (Å²) >= 11 is 6.25. The number of amides is 1. The monoisotopic (exact) mass is 421 g/mol. The Labute approximate surface area is 183 Å². The summed E-state index contributed by atoms with van der Waals surface area (Å²) in [6.45, 7) is 2.25. The summed E-state index contributed by atoms with van der Waals surface area (Å²) in [6, 6.07) is 22.3. The molecule has 3 aromatic carbocycles. The third kappa shape index (κ3) is 4.67. The average Bonchev–Trinajstić information content (AvgIpc) is 2.76. The van der Waals surface area contributed by atoms with E-state index in [0.717, 1.165) is 18.5 Å². The molecule has 30 heavy (non-hydrogen) atoms. The molecule has 0 unspecified atom stereocenters. The number of nitrogens with zero attached hydrogens (tertiary/aromatic N) is 2. The van der Waals surface area contributed by atoms with Crippen LogP contribution in [0.15, 0.2) is 66.7 Å². The van der Waals surface area contributed by atoms with Crippen molar-refractivity contribution in [3.05, 3.63) is 82.9 Å². The van der Waals surface area contributed by atoms with E-state index in [1.165, 1.54) is 16.3 Å². The molecule has 0 aliphatic carbocycles. The van der Waals surface area contributed by atoms with Gasteiger partial charge in [0.05, 0.1) is 6.04 Å². The summed E-state index contributed by atoms with van der Waals surface area (Å²) in [4.78, 5) is 17.3. The number of hydrogen-bond donors (Lipinski definition) is 1. The molecule has 1 heterocycles. The number of halogens is 1. The number of hydrogen-bond acceptors (Lipinski definition) is 3. The zero-order chi connectivity index (χ0) is 21.1. The van der Waals surface area contributed by atoms with Crippen molar-refractivity contribution >= 4 is 28.3 Å². The van der Waals surface area contributed by atoms with Crippen LogP contribution in [0.5, 0.6) is 0 Å². The molecule has 2 atom stereocenters. The van der Waals surface area contributed by atoms with Gasteiger partial charge in [-0.2, -0.15) is 0 Å².